The molecule has 0 unspecified atom stereocenters. The molecular formula is C13H8N2O5S. The van der Waals surface area contributed by atoms with E-state index in [4.69, 9.17) is 14.2 Å². The second-order valence-electron chi connectivity index (χ2n) is 4.24. The Morgan fingerprint density at radius 1 is 1.38 bits per heavy atom. The molecule has 0 radical (unpaired) electrons. The number of fused-ring (bicyclic) bond motifs is 2. The number of hydrogen-bond donors (Lipinski definition) is 1. The molecule has 0 spiro atoms. The third kappa shape index (κ3) is 1.88. The molecule has 0 atom stereocenters. The summed E-state index contributed by atoms with van der Waals surface area (Å²) in [5.41, 5.74) is -0.0103. The van der Waals surface area contributed by atoms with Gasteiger partial charge in [0.05, 0.1) is 0 Å². The van der Waals surface area contributed by atoms with Crippen LogP contribution in [-0.2, 0) is 0 Å². The molecule has 0 saturated carbocycles. The summed E-state index contributed by atoms with van der Waals surface area (Å²) in [5.74, 6) is 0.578. The Bertz CT molecular complexity index is 853. The van der Waals surface area contributed by atoms with Crippen molar-refractivity contribution >= 4 is 22.3 Å². The molecule has 3 aromatic rings. The van der Waals surface area contributed by atoms with E-state index in [-0.39, 0.29) is 18.4 Å². The number of hydrogen-bond acceptors (Lipinski definition) is 6. The number of carboxylic acid groups (broad SMARTS) is 1. The Balaban J connectivity index is 1.75. The van der Waals surface area contributed by atoms with Gasteiger partial charge in [0.2, 0.25) is 6.79 Å². The molecule has 2 aromatic heterocycles. The first kappa shape index (κ1) is 12.0. The fourth-order valence-corrected chi connectivity index (χ4v) is 2.79. The van der Waals surface area contributed by atoms with E-state index >= 15 is 0 Å². The molecule has 0 bridgehead atoms. The number of ether oxygens (including phenoxy) is 3. The zero-order chi connectivity index (χ0) is 14.4. The van der Waals surface area contributed by atoms with Gasteiger partial charge < -0.3 is 19.3 Å². The molecule has 8 heteroatoms. The zero-order valence-corrected chi connectivity index (χ0v) is 11.3. The van der Waals surface area contributed by atoms with E-state index in [0.29, 0.717) is 22.2 Å². The zero-order valence-electron chi connectivity index (χ0n) is 10.5. The average Bonchev–Trinajstić information content (AvgIpc) is 3.11. The molecule has 0 fully saturated rings. The summed E-state index contributed by atoms with van der Waals surface area (Å²) in [6.07, 6.45) is 1.64. The first-order valence-electron chi connectivity index (χ1n) is 5.99. The summed E-state index contributed by atoms with van der Waals surface area (Å²) in [4.78, 5) is 16.1. The van der Waals surface area contributed by atoms with Gasteiger partial charge in [-0.15, -0.1) is 11.3 Å². The van der Waals surface area contributed by atoms with E-state index in [9.17, 15) is 9.90 Å². The molecule has 1 aromatic carbocycles. The molecule has 0 amide bonds. The fourth-order valence-electron chi connectivity index (χ4n) is 2.08. The fraction of sp³-hybridized carbons (Fsp3) is 0.0769. The highest BCUT2D eigenvalue weighted by Crippen LogP contribution is 2.37. The summed E-state index contributed by atoms with van der Waals surface area (Å²) < 4.78 is 17.5. The minimum Gasteiger partial charge on any atom is -0.476 e. The molecule has 0 aliphatic carbocycles. The predicted octanol–water partition coefficient (Wildman–Crippen LogP) is 2.62. The monoisotopic (exact) mass is 304 g/mol. The molecule has 1 N–H and O–H groups in total. The van der Waals surface area contributed by atoms with Crippen LogP contribution in [0.2, 0.25) is 0 Å². The summed E-state index contributed by atoms with van der Waals surface area (Å²) in [5, 5.41) is 11.1. The first-order valence-corrected chi connectivity index (χ1v) is 6.87. The van der Waals surface area contributed by atoms with Gasteiger partial charge in [-0.2, -0.15) is 4.98 Å². The summed E-state index contributed by atoms with van der Waals surface area (Å²) in [7, 11) is 0. The smallest absolute Gasteiger partial charge is 0.358 e. The van der Waals surface area contributed by atoms with Gasteiger partial charge in [0.15, 0.2) is 22.2 Å². The van der Waals surface area contributed by atoms with Crippen molar-refractivity contribution in [2.45, 2.75) is 0 Å². The Kier molecular flexibility index (Phi) is 2.51. The van der Waals surface area contributed by atoms with E-state index in [2.05, 4.69) is 4.98 Å². The van der Waals surface area contributed by atoms with Gasteiger partial charge in [-0.1, -0.05) is 0 Å². The molecule has 0 saturated heterocycles. The van der Waals surface area contributed by atoms with E-state index < -0.39 is 5.97 Å². The number of nitrogens with zero attached hydrogens (tertiary/aromatic N) is 2. The summed E-state index contributed by atoms with van der Waals surface area (Å²) >= 11 is 1.33. The largest absolute Gasteiger partial charge is 0.476 e. The second kappa shape index (κ2) is 4.38. The first-order chi connectivity index (χ1) is 10.2. The third-order valence-electron chi connectivity index (χ3n) is 2.99. The molecule has 1 aliphatic heterocycles. The maximum atomic E-state index is 11.4. The van der Waals surface area contributed by atoms with Gasteiger partial charge in [-0.25, -0.2) is 4.79 Å². The van der Waals surface area contributed by atoms with Crippen LogP contribution in [0.15, 0.2) is 29.8 Å². The number of rotatable bonds is 3. The van der Waals surface area contributed by atoms with Crippen molar-refractivity contribution in [2.75, 3.05) is 6.79 Å². The standard InChI is InChI=1S/C13H8N2O5S/c16-12(17)10-11(14-13-15(10)3-4-21-13)20-7-1-2-8-9(5-7)19-6-18-8/h1-5H,6H2,(H,16,17). The topological polar surface area (TPSA) is 82.3 Å². The average molecular weight is 304 g/mol. The van der Waals surface area contributed by atoms with Gasteiger partial charge in [-0.05, 0) is 12.1 Å². The lowest BCUT2D eigenvalue weighted by atomic mass is 10.3. The highest BCUT2D eigenvalue weighted by molar-refractivity contribution is 7.15. The molecular weight excluding hydrogens is 296 g/mol. The maximum absolute atomic E-state index is 11.4. The Hall–Kier alpha value is -2.74. The van der Waals surface area contributed by atoms with Gasteiger partial charge in [0.1, 0.15) is 5.75 Å². The van der Waals surface area contributed by atoms with Crippen LogP contribution in [0, 0.1) is 0 Å². The van der Waals surface area contributed by atoms with Crippen LogP contribution in [0.1, 0.15) is 10.5 Å². The summed E-state index contributed by atoms with van der Waals surface area (Å²) in [6, 6.07) is 5.02. The Morgan fingerprint density at radius 3 is 3.10 bits per heavy atom. The van der Waals surface area contributed by atoms with Crippen LogP contribution in [0.5, 0.6) is 23.1 Å². The minimum absolute atomic E-state index is 0.0103. The van der Waals surface area contributed by atoms with Gasteiger partial charge in [0.25, 0.3) is 5.88 Å². The van der Waals surface area contributed by atoms with Crippen molar-refractivity contribution < 1.29 is 24.1 Å². The van der Waals surface area contributed by atoms with Gasteiger partial charge in [-0.3, -0.25) is 4.40 Å². The normalized spacial score (nSPS) is 12.8. The van der Waals surface area contributed by atoms with Crippen molar-refractivity contribution in [1.82, 2.24) is 9.38 Å². The highest BCUT2D eigenvalue weighted by atomic mass is 32.1. The molecule has 1 aliphatic rings. The number of aromatic nitrogens is 2. The molecule has 7 nitrogen and oxygen atoms in total. The van der Waals surface area contributed by atoms with Crippen molar-refractivity contribution in [1.29, 1.82) is 0 Å². The Morgan fingerprint density at radius 2 is 2.24 bits per heavy atom. The SMILES string of the molecule is O=C(O)c1c(Oc2ccc3c(c2)OCO3)nc2sccn12. The number of aromatic carboxylic acids is 1. The van der Waals surface area contributed by atoms with Crippen LogP contribution in [0.4, 0.5) is 0 Å². The third-order valence-corrected chi connectivity index (χ3v) is 3.75. The maximum Gasteiger partial charge on any atom is 0.358 e. The van der Waals surface area contributed by atoms with E-state index in [1.807, 2.05) is 0 Å². The van der Waals surface area contributed by atoms with E-state index in [0.717, 1.165) is 0 Å². The van der Waals surface area contributed by atoms with Gasteiger partial charge >= 0.3 is 5.97 Å². The van der Waals surface area contributed by atoms with E-state index in [1.54, 1.807) is 29.8 Å². The van der Waals surface area contributed by atoms with Crippen LogP contribution in [-0.4, -0.2) is 27.3 Å². The molecule has 106 valence electrons. The van der Waals surface area contributed by atoms with Crippen LogP contribution >= 0.6 is 11.3 Å². The predicted molar refractivity (Wildman–Crippen MR) is 72.7 cm³/mol. The highest BCUT2D eigenvalue weighted by Gasteiger charge is 2.22. The van der Waals surface area contributed by atoms with Crippen LogP contribution in [0.3, 0.4) is 0 Å². The van der Waals surface area contributed by atoms with Crippen molar-refractivity contribution in [3.63, 3.8) is 0 Å². The number of carbonyl (C=O) groups is 1. The molecule has 21 heavy (non-hydrogen) atoms. The minimum atomic E-state index is -1.10. The van der Waals surface area contributed by atoms with Crippen molar-refractivity contribution in [3.05, 3.63) is 35.5 Å². The van der Waals surface area contributed by atoms with Crippen LogP contribution < -0.4 is 14.2 Å². The van der Waals surface area contributed by atoms with Gasteiger partial charge in [0, 0.05) is 17.6 Å². The lowest BCUT2D eigenvalue weighted by Crippen LogP contribution is -2.02. The quantitative estimate of drug-likeness (QED) is 0.801. The number of imidazole rings is 1. The number of benzene rings is 1. The van der Waals surface area contributed by atoms with Crippen LogP contribution in [0.25, 0.3) is 4.96 Å². The number of carboxylic acids is 1. The lowest BCUT2D eigenvalue weighted by Gasteiger charge is -2.04. The Labute approximate surface area is 121 Å². The number of thiazole rings is 1. The summed E-state index contributed by atoms with van der Waals surface area (Å²) in [6.45, 7) is 0.166. The molecule has 4 rings (SSSR count). The second-order valence-corrected chi connectivity index (χ2v) is 5.12. The van der Waals surface area contributed by atoms with Crippen molar-refractivity contribution in [2.24, 2.45) is 0 Å². The van der Waals surface area contributed by atoms with Crippen molar-refractivity contribution in [3.8, 4) is 23.1 Å². The lowest BCUT2D eigenvalue weighted by molar-refractivity contribution is 0.0686. The van der Waals surface area contributed by atoms with E-state index in [1.165, 1.54) is 15.7 Å². The molecule has 3 heterocycles.